The van der Waals surface area contributed by atoms with Gasteiger partial charge in [0, 0.05) is 6.04 Å². The molecule has 0 spiro atoms. The Bertz CT molecular complexity index is 931. The zero-order valence-electron chi connectivity index (χ0n) is 14.1. The third kappa shape index (κ3) is 3.25. The van der Waals surface area contributed by atoms with Crippen molar-refractivity contribution in [2.75, 3.05) is 0 Å². The summed E-state index contributed by atoms with van der Waals surface area (Å²) in [5.41, 5.74) is 1.64. The fourth-order valence-corrected chi connectivity index (χ4v) is 3.16. The Hall–Kier alpha value is -2.74. The van der Waals surface area contributed by atoms with Gasteiger partial charge in [0.2, 0.25) is 0 Å². The van der Waals surface area contributed by atoms with E-state index in [0.717, 1.165) is 4.88 Å². The summed E-state index contributed by atoms with van der Waals surface area (Å²) < 4.78 is 1.75. The lowest BCUT2D eigenvalue weighted by Gasteiger charge is -2.12. The van der Waals surface area contributed by atoms with E-state index in [1.807, 2.05) is 31.4 Å². The molecule has 0 aliphatic carbocycles. The first-order valence-electron chi connectivity index (χ1n) is 7.84. The number of aromatic nitrogens is 3. The maximum atomic E-state index is 12.6. The van der Waals surface area contributed by atoms with E-state index < -0.39 is 17.9 Å². The van der Waals surface area contributed by atoms with E-state index in [9.17, 15) is 9.59 Å². The number of nitrogens with one attached hydrogen (secondary N) is 1. The number of amides is 1. The summed E-state index contributed by atoms with van der Waals surface area (Å²) in [5, 5.41) is 18.4. The summed E-state index contributed by atoms with van der Waals surface area (Å²) in [6.45, 7) is 5.40. The highest BCUT2D eigenvalue weighted by atomic mass is 32.1. The second kappa shape index (κ2) is 6.64. The molecule has 0 radical (unpaired) electrons. The average Bonchev–Trinajstić information content (AvgIpc) is 3.22. The summed E-state index contributed by atoms with van der Waals surface area (Å²) >= 11 is 1.52. The highest BCUT2D eigenvalue weighted by molar-refractivity contribution is 7.13. The minimum Gasteiger partial charge on any atom is -0.480 e. The zero-order valence-corrected chi connectivity index (χ0v) is 14.9. The van der Waals surface area contributed by atoms with Gasteiger partial charge in [-0.25, -0.2) is 9.67 Å². The molecule has 1 atom stereocenters. The van der Waals surface area contributed by atoms with E-state index in [-0.39, 0.29) is 6.04 Å². The molecular weight excluding hydrogens is 340 g/mol. The molecule has 0 aromatic carbocycles. The number of aliphatic carboxylic acids is 1. The predicted molar refractivity (Wildman–Crippen MR) is 95.8 cm³/mol. The summed E-state index contributed by atoms with van der Waals surface area (Å²) in [6.07, 6.45) is 1.60. The molecule has 2 N–H and O–H groups in total. The van der Waals surface area contributed by atoms with Gasteiger partial charge in [-0.1, -0.05) is 6.07 Å². The molecule has 3 rings (SSSR count). The Labute approximate surface area is 148 Å². The van der Waals surface area contributed by atoms with Gasteiger partial charge in [0.1, 0.15) is 6.04 Å². The van der Waals surface area contributed by atoms with Gasteiger partial charge in [-0.2, -0.15) is 5.10 Å². The van der Waals surface area contributed by atoms with Crippen molar-refractivity contribution in [3.63, 3.8) is 0 Å². The summed E-state index contributed by atoms with van der Waals surface area (Å²) in [7, 11) is 0. The third-order valence-corrected chi connectivity index (χ3v) is 4.68. The van der Waals surface area contributed by atoms with Crippen molar-refractivity contribution in [2.24, 2.45) is 0 Å². The quantitative estimate of drug-likeness (QED) is 0.731. The monoisotopic (exact) mass is 358 g/mol. The van der Waals surface area contributed by atoms with Crippen LogP contribution in [-0.4, -0.2) is 37.8 Å². The lowest BCUT2D eigenvalue weighted by molar-refractivity contribution is -0.138. The van der Waals surface area contributed by atoms with Gasteiger partial charge in [-0.15, -0.1) is 11.3 Å². The number of pyridine rings is 1. The molecular formula is C17H18N4O3S. The molecule has 25 heavy (non-hydrogen) atoms. The molecule has 0 aliphatic heterocycles. The lowest BCUT2D eigenvalue weighted by atomic mass is 10.1. The molecule has 0 saturated carbocycles. The Balaban J connectivity index is 2.16. The molecule has 0 saturated heterocycles. The smallest absolute Gasteiger partial charge is 0.325 e. The van der Waals surface area contributed by atoms with Crippen LogP contribution in [0.3, 0.4) is 0 Å². The second-order valence-electron chi connectivity index (χ2n) is 5.99. The molecule has 0 aliphatic rings. The van der Waals surface area contributed by atoms with Crippen molar-refractivity contribution in [3.8, 4) is 10.6 Å². The number of carbonyl (C=O) groups excluding carboxylic acids is 1. The molecule has 1 amide bonds. The molecule has 7 nitrogen and oxygen atoms in total. The highest BCUT2D eigenvalue weighted by Gasteiger charge is 2.21. The third-order valence-electron chi connectivity index (χ3n) is 3.79. The van der Waals surface area contributed by atoms with Crippen molar-refractivity contribution < 1.29 is 14.7 Å². The molecule has 0 fully saturated rings. The van der Waals surface area contributed by atoms with Crippen LogP contribution in [0.4, 0.5) is 0 Å². The number of rotatable bonds is 5. The van der Waals surface area contributed by atoms with Crippen LogP contribution in [-0.2, 0) is 4.79 Å². The van der Waals surface area contributed by atoms with Crippen molar-refractivity contribution in [1.29, 1.82) is 0 Å². The van der Waals surface area contributed by atoms with Gasteiger partial charge in [0.15, 0.2) is 5.65 Å². The molecule has 8 heteroatoms. The summed E-state index contributed by atoms with van der Waals surface area (Å²) in [4.78, 5) is 29.3. The van der Waals surface area contributed by atoms with Gasteiger partial charge in [0.05, 0.1) is 27.7 Å². The predicted octanol–water partition coefficient (Wildman–Crippen LogP) is 2.94. The highest BCUT2D eigenvalue weighted by Crippen LogP contribution is 2.28. The second-order valence-corrected chi connectivity index (χ2v) is 6.93. The van der Waals surface area contributed by atoms with Crippen LogP contribution >= 0.6 is 11.3 Å². The maximum Gasteiger partial charge on any atom is 0.325 e. The van der Waals surface area contributed by atoms with E-state index >= 15 is 0 Å². The van der Waals surface area contributed by atoms with Crippen LogP contribution in [0.1, 0.15) is 37.2 Å². The number of carboxylic acid groups (broad SMARTS) is 1. The van der Waals surface area contributed by atoms with Crippen LogP contribution in [0, 0.1) is 0 Å². The Kier molecular flexibility index (Phi) is 4.54. The standard InChI is InChI=1S/C17H18N4O3S/c1-9(2)21-15-12(8-18-21)11(16(22)19-10(3)17(23)24)7-13(20-15)14-5-4-6-25-14/h4-10H,1-3H3,(H,19,22)(H,23,24)/t10-/m0/s1. The zero-order chi connectivity index (χ0) is 18.1. The maximum absolute atomic E-state index is 12.6. The fourth-order valence-electron chi connectivity index (χ4n) is 2.47. The average molecular weight is 358 g/mol. The number of hydrogen-bond donors (Lipinski definition) is 2. The largest absolute Gasteiger partial charge is 0.480 e. The summed E-state index contributed by atoms with van der Waals surface area (Å²) in [6, 6.07) is 4.62. The molecule has 3 heterocycles. The number of carbonyl (C=O) groups is 2. The van der Waals surface area contributed by atoms with Gasteiger partial charge >= 0.3 is 5.97 Å². The Morgan fingerprint density at radius 3 is 2.68 bits per heavy atom. The van der Waals surface area contributed by atoms with E-state index in [1.54, 1.807) is 16.9 Å². The Morgan fingerprint density at radius 1 is 1.32 bits per heavy atom. The normalized spacial score (nSPS) is 12.5. The minimum absolute atomic E-state index is 0.0810. The molecule has 0 bridgehead atoms. The van der Waals surface area contributed by atoms with E-state index in [2.05, 4.69) is 15.4 Å². The number of nitrogens with zero attached hydrogens (tertiary/aromatic N) is 3. The molecule has 3 aromatic rings. The topological polar surface area (TPSA) is 97.1 Å². The number of thiophene rings is 1. The van der Waals surface area contributed by atoms with Gasteiger partial charge in [0.25, 0.3) is 5.91 Å². The van der Waals surface area contributed by atoms with Crippen LogP contribution < -0.4 is 5.32 Å². The van der Waals surface area contributed by atoms with Crippen molar-refractivity contribution >= 4 is 34.2 Å². The first-order chi connectivity index (χ1) is 11.9. The van der Waals surface area contributed by atoms with E-state index in [1.165, 1.54) is 18.3 Å². The number of hydrogen-bond acceptors (Lipinski definition) is 5. The van der Waals surface area contributed by atoms with Gasteiger partial charge < -0.3 is 10.4 Å². The van der Waals surface area contributed by atoms with Gasteiger partial charge in [-0.3, -0.25) is 9.59 Å². The number of fused-ring (bicyclic) bond motifs is 1. The Morgan fingerprint density at radius 2 is 2.08 bits per heavy atom. The summed E-state index contributed by atoms with van der Waals surface area (Å²) in [5.74, 6) is -1.54. The van der Waals surface area contributed by atoms with Crippen LogP contribution in [0.5, 0.6) is 0 Å². The van der Waals surface area contributed by atoms with Gasteiger partial charge in [-0.05, 0) is 38.3 Å². The van der Waals surface area contributed by atoms with Crippen molar-refractivity contribution in [2.45, 2.75) is 32.9 Å². The van der Waals surface area contributed by atoms with Crippen molar-refractivity contribution in [1.82, 2.24) is 20.1 Å². The van der Waals surface area contributed by atoms with Crippen molar-refractivity contribution in [3.05, 3.63) is 35.3 Å². The van der Waals surface area contributed by atoms with Crippen LogP contribution in [0.15, 0.2) is 29.8 Å². The van der Waals surface area contributed by atoms with E-state index in [0.29, 0.717) is 22.3 Å². The van der Waals surface area contributed by atoms with Crippen LogP contribution in [0.25, 0.3) is 21.6 Å². The first kappa shape index (κ1) is 17.1. The lowest BCUT2D eigenvalue weighted by Crippen LogP contribution is -2.38. The number of carboxylic acids is 1. The fraction of sp³-hybridized carbons (Fsp3) is 0.294. The molecule has 3 aromatic heterocycles. The van der Waals surface area contributed by atoms with Crippen LogP contribution in [0.2, 0.25) is 0 Å². The SMILES string of the molecule is CC(C)n1ncc2c(C(=O)N[C@@H](C)C(=O)O)cc(-c3cccs3)nc21. The minimum atomic E-state index is -1.09. The molecule has 130 valence electrons. The van der Waals surface area contributed by atoms with E-state index in [4.69, 9.17) is 5.11 Å². The molecule has 0 unspecified atom stereocenters. The first-order valence-corrected chi connectivity index (χ1v) is 8.72.